The molecule has 2 saturated heterocycles. The molecule has 2 rings (SSSR count). The van der Waals surface area contributed by atoms with Crippen molar-refractivity contribution in [1.82, 2.24) is 9.80 Å². The maximum Gasteiger partial charge on any atom is 0.0594 e. The summed E-state index contributed by atoms with van der Waals surface area (Å²) in [7, 11) is 0. The molecule has 4 unspecified atom stereocenters. The molecule has 0 aromatic carbocycles. The molecule has 4 atom stereocenters. The molecule has 0 amide bonds. The number of rotatable bonds is 6. The number of nitrogens with zero attached hydrogens (tertiary/aromatic N) is 2. The first-order valence-corrected chi connectivity index (χ1v) is 9.97. The molecule has 2 aliphatic heterocycles. The second-order valence-electron chi connectivity index (χ2n) is 8.64. The molecule has 0 aromatic rings. The minimum Gasteiger partial charge on any atom is -0.379 e. The van der Waals surface area contributed by atoms with Crippen LogP contribution in [0.25, 0.3) is 0 Å². The van der Waals surface area contributed by atoms with Gasteiger partial charge in [-0.15, -0.1) is 0 Å². The lowest BCUT2D eigenvalue weighted by atomic mass is 9.88. The summed E-state index contributed by atoms with van der Waals surface area (Å²) in [6.45, 7) is 18.3. The molecule has 3 heteroatoms. The molecule has 2 fully saturated rings. The van der Waals surface area contributed by atoms with Gasteiger partial charge < -0.3 is 4.74 Å². The smallest absolute Gasteiger partial charge is 0.0594 e. The quantitative estimate of drug-likeness (QED) is 0.686. The SMILES string of the molecule is CC1CC(C)N(CCOCCN2C(C)CC(C)CC2C)C(C)C1. The van der Waals surface area contributed by atoms with E-state index in [0.717, 1.165) is 38.1 Å². The van der Waals surface area contributed by atoms with E-state index in [0.29, 0.717) is 24.2 Å². The van der Waals surface area contributed by atoms with Crippen molar-refractivity contribution in [3.63, 3.8) is 0 Å². The van der Waals surface area contributed by atoms with Crippen molar-refractivity contribution < 1.29 is 4.74 Å². The third-order valence-electron chi connectivity index (χ3n) is 6.23. The molecular weight excluding hydrogens is 284 g/mol. The second-order valence-corrected chi connectivity index (χ2v) is 8.64. The van der Waals surface area contributed by atoms with Gasteiger partial charge in [0.2, 0.25) is 0 Å². The van der Waals surface area contributed by atoms with Crippen molar-refractivity contribution in [2.75, 3.05) is 26.3 Å². The Morgan fingerprint density at radius 2 is 0.913 bits per heavy atom. The standard InChI is InChI=1S/C20H40N2O/c1-15-11-17(3)21(18(4)12-15)7-9-23-10-8-22-19(5)13-16(2)14-20(22)6/h15-20H,7-14H2,1-6H3. The molecule has 0 bridgehead atoms. The Hall–Kier alpha value is -0.120. The summed E-state index contributed by atoms with van der Waals surface area (Å²) in [6.07, 6.45) is 5.35. The van der Waals surface area contributed by atoms with Gasteiger partial charge >= 0.3 is 0 Å². The maximum absolute atomic E-state index is 6.00. The number of piperidine rings is 2. The number of ether oxygens (including phenoxy) is 1. The largest absolute Gasteiger partial charge is 0.379 e. The van der Waals surface area contributed by atoms with Gasteiger partial charge in [0.1, 0.15) is 0 Å². The Labute approximate surface area is 144 Å². The second kappa shape index (κ2) is 8.82. The molecule has 2 heterocycles. The minimum atomic E-state index is 0.709. The predicted octanol–water partition coefficient (Wildman–Crippen LogP) is 4.02. The summed E-state index contributed by atoms with van der Waals surface area (Å²) >= 11 is 0. The molecule has 2 aliphatic rings. The van der Waals surface area contributed by atoms with E-state index in [2.05, 4.69) is 51.3 Å². The van der Waals surface area contributed by atoms with Gasteiger partial charge in [-0.3, -0.25) is 9.80 Å². The molecule has 23 heavy (non-hydrogen) atoms. The molecule has 0 aromatic heterocycles. The summed E-state index contributed by atoms with van der Waals surface area (Å²) < 4.78 is 6.00. The van der Waals surface area contributed by atoms with E-state index in [4.69, 9.17) is 4.74 Å². The van der Waals surface area contributed by atoms with Gasteiger partial charge in [0.25, 0.3) is 0 Å². The van der Waals surface area contributed by atoms with Crippen LogP contribution in [0, 0.1) is 11.8 Å². The Kier molecular flexibility index (Phi) is 7.37. The van der Waals surface area contributed by atoms with Gasteiger partial charge in [0, 0.05) is 37.3 Å². The summed E-state index contributed by atoms with van der Waals surface area (Å²) in [4.78, 5) is 5.29. The highest BCUT2D eigenvalue weighted by molar-refractivity contribution is 4.84. The van der Waals surface area contributed by atoms with Crippen LogP contribution in [-0.4, -0.2) is 60.3 Å². The summed E-state index contributed by atoms with van der Waals surface area (Å²) in [5.74, 6) is 1.75. The lowest BCUT2D eigenvalue weighted by Gasteiger charge is -2.42. The van der Waals surface area contributed by atoms with Crippen molar-refractivity contribution in [3.8, 4) is 0 Å². The van der Waals surface area contributed by atoms with Gasteiger partial charge in [-0.2, -0.15) is 0 Å². The van der Waals surface area contributed by atoms with Crippen LogP contribution >= 0.6 is 0 Å². The zero-order chi connectivity index (χ0) is 17.0. The lowest BCUT2D eigenvalue weighted by molar-refractivity contribution is 0.0110. The van der Waals surface area contributed by atoms with Crippen molar-refractivity contribution >= 4 is 0 Å². The van der Waals surface area contributed by atoms with E-state index < -0.39 is 0 Å². The molecular formula is C20H40N2O. The fraction of sp³-hybridized carbons (Fsp3) is 1.00. The fourth-order valence-corrected chi connectivity index (χ4v) is 5.26. The Balaban J connectivity index is 1.64. The van der Waals surface area contributed by atoms with Gasteiger partial charge in [0.15, 0.2) is 0 Å². The van der Waals surface area contributed by atoms with Crippen LogP contribution in [-0.2, 0) is 4.74 Å². The first-order chi connectivity index (χ1) is 10.9. The van der Waals surface area contributed by atoms with Crippen LogP contribution in [0.4, 0.5) is 0 Å². The first-order valence-electron chi connectivity index (χ1n) is 9.97. The predicted molar refractivity (Wildman–Crippen MR) is 98.9 cm³/mol. The third-order valence-corrected chi connectivity index (χ3v) is 6.23. The van der Waals surface area contributed by atoms with Gasteiger partial charge in [0.05, 0.1) is 13.2 Å². The summed E-state index contributed by atoms with van der Waals surface area (Å²) in [6, 6.07) is 2.84. The van der Waals surface area contributed by atoms with Crippen LogP contribution in [0.5, 0.6) is 0 Å². The van der Waals surface area contributed by atoms with Crippen molar-refractivity contribution in [1.29, 1.82) is 0 Å². The van der Waals surface area contributed by atoms with E-state index in [1.165, 1.54) is 25.7 Å². The van der Waals surface area contributed by atoms with Crippen molar-refractivity contribution in [2.24, 2.45) is 11.8 Å². The highest BCUT2D eigenvalue weighted by Crippen LogP contribution is 2.27. The lowest BCUT2D eigenvalue weighted by Crippen LogP contribution is -2.48. The van der Waals surface area contributed by atoms with Gasteiger partial charge in [-0.1, -0.05) is 13.8 Å². The molecule has 0 aliphatic carbocycles. The average molecular weight is 325 g/mol. The van der Waals surface area contributed by atoms with Crippen molar-refractivity contribution in [2.45, 2.75) is 91.4 Å². The van der Waals surface area contributed by atoms with E-state index in [1.54, 1.807) is 0 Å². The Morgan fingerprint density at radius 1 is 0.609 bits per heavy atom. The average Bonchev–Trinajstić information content (AvgIpc) is 2.42. The van der Waals surface area contributed by atoms with Gasteiger partial charge in [-0.25, -0.2) is 0 Å². The van der Waals surface area contributed by atoms with Crippen LogP contribution in [0.2, 0.25) is 0 Å². The normalized spacial score (nSPS) is 40.4. The highest BCUT2D eigenvalue weighted by atomic mass is 16.5. The number of hydrogen-bond acceptors (Lipinski definition) is 3. The molecule has 0 N–H and O–H groups in total. The minimum absolute atomic E-state index is 0.709. The van der Waals surface area contributed by atoms with E-state index >= 15 is 0 Å². The third kappa shape index (κ3) is 5.44. The topological polar surface area (TPSA) is 15.7 Å². The monoisotopic (exact) mass is 324 g/mol. The zero-order valence-corrected chi connectivity index (χ0v) is 16.4. The van der Waals surface area contributed by atoms with Crippen molar-refractivity contribution in [3.05, 3.63) is 0 Å². The Bertz CT molecular complexity index is 293. The summed E-state index contributed by atoms with van der Waals surface area (Å²) in [5, 5.41) is 0. The van der Waals surface area contributed by atoms with E-state index in [9.17, 15) is 0 Å². The van der Waals surface area contributed by atoms with Crippen LogP contribution in [0.15, 0.2) is 0 Å². The maximum atomic E-state index is 6.00. The van der Waals surface area contributed by atoms with Crippen LogP contribution in [0.1, 0.15) is 67.2 Å². The number of hydrogen-bond donors (Lipinski definition) is 0. The van der Waals surface area contributed by atoms with Crippen LogP contribution < -0.4 is 0 Å². The Morgan fingerprint density at radius 3 is 1.22 bits per heavy atom. The molecule has 0 radical (unpaired) electrons. The molecule has 3 nitrogen and oxygen atoms in total. The molecule has 0 saturated carbocycles. The molecule has 0 spiro atoms. The van der Waals surface area contributed by atoms with E-state index in [1.807, 2.05) is 0 Å². The summed E-state index contributed by atoms with van der Waals surface area (Å²) in [5.41, 5.74) is 0. The zero-order valence-electron chi connectivity index (χ0n) is 16.4. The number of likely N-dealkylation sites (tertiary alicyclic amines) is 2. The fourth-order valence-electron chi connectivity index (χ4n) is 5.26. The van der Waals surface area contributed by atoms with E-state index in [-0.39, 0.29) is 0 Å². The van der Waals surface area contributed by atoms with Crippen LogP contribution in [0.3, 0.4) is 0 Å². The van der Waals surface area contributed by atoms with Gasteiger partial charge in [-0.05, 0) is 65.2 Å². The first kappa shape index (κ1) is 19.2. The molecule has 136 valence electrons. The highest BCUT2D eigenvalue weighted by Gasteiger charge is 2.29.